The highest BCUT2D eigenvalue weighted by Gasteiger charge is 2.34. The Morgan fingerprint density at radius 2 is 2.07 bits per heavy atom. The van der Waals surface area contributed by atoms with E-state index < -0.39 is 0 Å². The Labute approximate surface area is 93.8 Å². The molecule has 15 heavy (non-hydrogen) atoms. The predicted molar refractivity (Wildman–Crippen MR) is 63.0 cm³/mol. The molecule has 0 aromatic heterocycles. The van der Waals surface area contributed by atoms with Crippen LogP contribution in [0.1, 0.15) is 52.4 Å². The van der Waals surface area contributed by atoms with Gasteiger partial charge in [0.15, 0.2) is 0 Å². The first kappa shape index (κ1) is 11.4. The van der Waals surface area contributed by atoms with E-state index >= 15 is 0 Å². The van der Waals surface area contributed by atoms with Gasteiger partial charge in [-0.1, -0.05) is 0 Å². The lowest BCUT2D eigenvalue weighted by atomic mass is 10.0. The molecule has 2 atom stereocenters. The summed E-state index contributed by atoms with van der Waals surface area (Å²) in [5.41, 5.74) is 0.138. The molecule has 1 heterocycles. The second-order valence-corrected chi connectivity index (χ2v) is 5.85. The monoisotopic (exact) mass is 211 g/mol. The lowest BCUT2D eigenvalue weighted by Gasteiger charge is -2.21. The van der Waals surface area contributed by atoms with Crippen LogP contribution in [0.5, 0.6) is 0 Å². The third-order valence-electron chi connectivity index (χ3n) is 3.92. The summed E-state index contributed by atoms with van der Waals surface area (Å²) >= 11 is 0. The summed E-state index contributed by atoms with van der Waals surface area (Å²) < 4.78 is 6.02. The first-order valence-corrected chi connectivity index (χ1v) is 6.46. The van der Waals surface area contributed by atoms with Crippen LogP contribution in [0.15, 0.2) is 0 Å². The van der Waals surface area contributed by atoms with Gasteiger partial charge in [-0.25, -0.2) is 0 Å². The van der Waals surface area contributed by atoms with Crippen molar-refractivity contribution in [3.05, 3.63) is 0 Å². The minimum absolute atomic E-state index is 0.138. The zero-order chi connectivity index (χ0) is 10.9. The summed E-state index contributed by atoms with van der Waals surface area (Å²) in [4.78, 5) is 0. The minimum atomic E-state index is 0.138. The largest absolute Gasteiger partial charge is 0.372 e. The highest BCUT2D eigenvalue weighted by Crippen LogP contribution is 2.36. The van der Waals surface area contributed by atoms with Gasteiger partial charge in [0.1, 0.15) is 0 Å². The first-order valence-electron chi connectivity index (χ1n) is 6.46. The maximum atomic E-state index is 6.02. The van der Waals surface area contributed by atoms with E-state index in [9.17, 15) is 0 Å². The van der Waals surface area contributed by atoms with E-state index in [1.54, 1.807) is 0 Å². The molecule has 0 radical (unpaired) electrons. The van der Waals surface area contributed by atoms with Crippen LogP contribution in [-0.2, 0) is 4.74 Å². The topological polar surface area (TPSA) is 21.3 Å². The fraction of sp³-hybridized carbons (Fsp3) is 1.00. The highest BCUT2D eigenvalue weighted by molar-refractivity contribution is 4.87. The minimum Gasteiger partial charge on any atom is -0.372 e. The Hall–Kier alpha value is -0.0800. The van der Waals surface area contributed by atoms with Crippen LogP contribution >= 0.6 is 0 Å². The van der Waals surface area contributed by atoms with Gasteiger partial charge < -0.3 is 10.1 Å². The van der Waals surface area contributed by atoms with Crippen molar-refractivity contribution in [1.82, 2.24) is 5.32 Å². The second kappa shape index (κ2) is 4.42. The maximum Gasteiger partial charge on any atom is 0.0631 e. The quantitative estimate of drug-likeness (QED) is 0.755. The van der Waals surface area contributed by atoms with E-state index in [-0.39, 0.29) is 5.60 Å². The summed E-state index contributed by atoms with van der Waals surface area (Å²) in [6.07, 6.45) is 8.41. The van der Waals surface area contributed by atoms with Gasteiger partial charge in [-0.3, -0.25) is 0 Å². The van der Waals surface area contributed by atoms with E-state index in [1.807, 2.05) is 0 Å². The molecule has 0 bridgehead atoms. The SMILES string of the molecule is CNC(CCC1CCC(C)(C)O1)C1CC1. The van der Waals surface area contributed by atoms with Crippen molar-refractivity contribution in [2.45, 2.75) is 70.1 Å². The van der Waals surface area contributed by atoms with E-state index in [1.165, 1.54) is 38.5 Å². The van der Waals surface area contributed by atoms with E-state index in [2.05, 4.69) is 26.2 Å². The zero-order valence-electron chi connectivity index (χ0n) is 10.4. The summed E-state index contributed by atoms with van der Waals surface area (Å²) in [6, 6.07) is 0.748. The van der Waals surface area contributed by atoms with Gasteiger partial charge in [-0.05, 0) is 65.3 Å². The van der Waals surface area contributed by atoms with Gasteiger partial charge in [0.05, 0.1) is 11.7 Å². The molecule has 0 aromatic carbocycles. The van der Waals surface area contributed by atoms with Crippen LogP contribution in [0, 0.1) is 5.92 Å². The molecule has 1 saturated heterocycles. The molecule has 2 heteroatoms. The third-order valence-corrected chi connectivity index (χ3v) is 3.92. The molecule has 1 aliphatic carbocycles. The van der Waals surface area contributed by atoms with Crippen molar-refractivity contribution in [1.29, 1.82) is 0 Å². The van der Waals surface area contributed by atoms with Gasteiger partial charge in [0.25, 0.3) is 0 Å². The molecule has 0 aromatic rings. The van der Waals surface area contributed by atoms with Crippen LogP contribution in [0.3, 0.4) is 0 Å². The van der Waals surface area contributed by atoms with E-state index in [0.29, 0.717) is 6.10 Å². The lowest BCUT2D eigenvalue weighted by Crippen LogP contribution is -2.29. The summed E-state index contributed by atoms with van der Waals surface area (Å²) in [6.45, 7) is 4.42. The number of hydrogen-bond donors (Lipinski definition) is 1. The smallest absolute Gasteiger partial charge is 0.0631 e. The number of ether oxygens (including phenoxy) is 1. The summed E-state index contributed by atoms with van der Waals surface area (Å²) in [7, 11) is 2.10. The molecular formula is C13H25NO. The zero-order valence-corrected chi connectivity index (χ0v) is 10.4. The lowest BCUT2D eigenvalue weighted by molar-refractivity contribution is -0.0199. The van der Waals surface area contributed by atoms with Gasteiger partial charge in [-0.2, -0.15) is 0 Å². The molecule has 2 rings (SSSR count). The normalized spacial score (nSPS) is 31.8. The second-order valence-electron chi connectivity index (χ2n) is 5.85. The average Bonchev–Trinajstić information content (AvgIpc) is 2.93. The van der Waals surface area contributed by atoms with Crippen molar-refractivity contribution in [2.75, 3.05) is 7.05 Å². The van der Waals surface area contributed by atoms with Crippen LogP contribution in [0.25, 0.3) is 0 Å². The van der Waals surface area contributed by atoms with Crippen molar-refractivity contribution in [3.8, 4) is 0 Å². The maximum absolute atomic E-state index is 6.02. The van der Waals surface area contributed by atoms with Crippen LogP contribution in [-0.4, -0.2) is 24.8 Å². The molecular weight excluding hydrogens is 186 g/mol. The standard InChI is InChI=1S/C13H25NO/c1-13(2)9-8-11(15-13)6-7-12(14-3)10-4-5-10/h10-12,14H,4-9H2,1-3H3. The van der Waals surface area contributed by atoms with Crippen LogP contribution in [0.2, 0.25) is 0 Å². The van der Waals surface area contributed by atoms with Crippen LogP contribution in [0.4, 0.5) is 0 Å². The number of hydrogen-bond acceptors (Lipinski definition) is 2. The van der Waals surface area contributed by atoms with Crippen molar-refractivity contribution < 1.29 is 4.74 Å². The molecule has 2 nitrogen and oxygen atoms in total. The van der Waals surface area contributed by atoms with Gasteiger partial charge in [0, 0.05) is 6.04 Å². The highest BCUT2D eigenvalue weighted by atomic mass is 16.5. The van der Waals surface area contributed by atoms with Gasteiger partial charge in [-0.15, -0.1) is 0 Å². The van der Waals surface area contributed by atoms with Crippen molar-refractivity contribution in [3.63, 3.8) is 0 Å². The molecule has 1 saturated carbocycles. The molecule has 0 spiro atoms. The molecule has 2 fully saturated rings. The fourth-order valence-corrected chi connectivity index (χ4v) is 2.76. The molecule has 2 unspecified atom stereocenters. The van der Waals surface area contributed by atoms with E-state index in [0.717, 1.165) is 12.0 Å². The van der Waals surface area contributed by atoms with Crippen molar-refractivity contribution in [2.24, 2.45) is 5.92 Å². The van der Waals surface area contributed by atoms with Crippen molar-refractivity contribution >= 4 is 0 Å². The Balaban J connectivity index is 1.69. The Kier molecular flexibility index (Phi) is 3.36. The predicted octanol–water partition coefficient (Wildman–Crippen LogP) is 2.72. The fourth-order valence-electron chi connectivity index (χ4n) is 2.76. The number of rotatable bonds is 5. The number of nitrogens with one attached hydrogen (secondary N) is 1. The third kappa shape index (κ3) is 3.18. The molecule has 0 amide bonds. The van der Waals surface area contributed by atoms with Gasteiger partial charge in [0.2, 0.25) is 0 Å². The average molecular weight is 211 g/mol. The Bertz CT molecular complexity index is 211. The summed E-state index contributed by atoms with van der Waals surface area (Å²) in [5.74, 6) is 0.962. The van der Waals surface area contributed by atoms with Crippen LogP contribution < -0.4 is 5.32 Å². The first-order chi connectivity index (χ1) is 7.11. The van der Waals surface area contributed by atoms with Gasteiger partial charge >= 0.3 is 0 Å². The Morgan fingerprint density at radius 3 is 2.53 bits per heavy atom. The molecule has 1 N–H and O–H groups in total. The molecule has 1 aliphatic heterocycles. The molecule has 2 aliphatic rings. The molecule has 88 valence electrons. The summed E-state index contributed by atoms with van der Waals surface area (Å²) in [5, 5.41) is 3.45. The van der Waals surface area contributed by atoms with E-state index in [4.69, 9.17) is 4.74 Å². The Morgan fingerprint density at radius 1 is 1.33 bits per heavy atom.